The Hall–Kier alpha value is -1.48. The highest BCUT2D eigenvalue weighted by atomic mass is 32.2. The number of sulfone groups is 1. The van der Waals surface area contributed by atoms with Gasteiger partial charge in [-0.3, -0.25) is 9.69 Å². The number of hydrogen-bond donors (Lipinski definition) is 3. The van der Waals surface area contributed by atoms with Crippen LogP contribution in [-0.4, -0.2) is 72.8 Å². The summed E-state index contributed by atoms with van der Waals surface area (Å²) < 4.78 is 23.2. The minimum absolute atomic E-state index is 0.0906. The minimum Gasteiger partial charge on any atom is -0.395 e. The molecule has 0 spiro atoms. The Kier molecular flexibility index (Phi) is 5.52. The van der Waals surface area contributed by atoms with E-state index in [9.17, 15) is 18.3 Å². The van der Waals surface area contributed by atoms with Crippen molar-refractivity contribution in [3.8, 4) is 0 Å². The van der Waals surface area contributed by atoms with E-state index in [0.717, 1.165) is 0 Å². The topological polar surface area (TPSA) is 107 Å². The molecule has 8 heteroatoms. The quantitative estimate of drug-likeness (QED) is 0.623. The number of aliphatic hydroxyl groups excluding tert-OH is 2. The van der Waals surface area contributed by atoms with Gasteiger partial charge in [-0.25, -0.2) is 8.42 Å². The van der Waals surface area contributed by atoms with Gasteiger partial charge in [-0.05, 0) is 12.1 Å². The van der Waals surface area contributed by atoms with E-state index >= 15 is 0 Å². The summed E-state index contributed by atoms with van der Waals surface area (Å²) in [6.07, 6.45) is -1.04. The van der Waals surface area contributed by atoms with Crippen LogP contribution in [0.25, 0.3) is 0 Å². The van der Waals surface area contributed by atoms with Gasteiger partial charge in [0.2, 0.25) is 5.91 Å². The third kappa shape index (κ3) is 4.51. The van der Waals surface area contributed by atoms with Crippen molar-refractivity contribution in [2.24, 2.45) is 0 Å². The maximum Gasteiger partial charge on any atom is 0.238 e. The molecule has 1 saturated heterocycles. The van der Waals surface area contributed by atoms with Crippen molar-refractivity contribution < 1.29 is 23.4 Å². The Bertz CT molecular complexity index is 605. The van der Waals surface area contributed by atoms with Gasteiger partial charge in [0, 0.05) is 12.2 Å². The van der Waals surface area contributed by atoms with Crippen molar-refractivity contribution in [1.29, 1.82) is 0 Å². The van der Waals surface area contributed by atoms with Crippen molar-refractivity contribution in [3.05, 3.63) is 30.3 Å². The summed E-state index contributed by atoms with van der Waals surface area (Å²) in [6.45, 7) is -0.186. The fourth-order valence-electron chi connectivity index (χ4n) is 2.56. The maximum atomic E-state index is 12.1. The predicted molar refractivity (Wildman–Crippen MR) is 82.2 cm³/mol. The normalized spacial score (nSPS) is 23.6. The lowest BCUT2D eigenvalue weighted by Gasteiger charge is -2.28. The molecule has 1 fully saturated rings. The fourth-order valence-corrected chi connectivity index (χ4v) is 4.39. The molecule has 1 aromatic carbocycles. The molecule has 0 bridgehead atoms. The molecule has 0 aliphatic carbocycles. The molecular weight excluding hydrogens is 308 g/mol. The fraction of sp³-hybridized carbons (Fsp3) is 0.500. The summed E-state index contributed by atoms with van der Waals surface area (Å²) in [4.78, 5) is 13.6. The van der Waals surface area contributed by atoms with Crippen LogP contribution in [0.15, 0.2) is 30.3 Å². The Morgan fingerprint density at radius 1 is 1.27 bits per heavy atom. The number of carbonyl (C=O) groups excluding carboxylic acids is 1. The van der Waals surface area contributed by atoms with Crippen LogP contribution >= 0.6 is 0 Å². The van der Waals surface area contributed by atoms with Crippen LogP contribution in [0.1, 0.15) is 0 Å². The molecule has 1 amide bonds. The monoisotopic (exact) mass is 328 g/mol. The van der Waals surface area contributed by atoms with Crippen LogP contribution in [0.3, 0.4) is 0 Å². The molecular formula is C14H20N2O5S. The Morgan fingerprint density at radius 3 is 2.50 bits per heavy atom. The molecule has 1 aliphatic rings. The average Bonchev–Trinajstić information content (AvgIpc) is 2.72. The lowest BCUT2D eigenvalue weighted by molar-refractivity contribution is -0.118. The molecule has 1 aliphatic heterocycles. The number of amides is 1. The van der Waals surface area contributed by atoms with Crippen LogP contribution in [0, 0.1) is 0 Å². The van der Waals surface area contributed by atoms with Crippen LogP contribution in [0.4, 0.5) is 5.69 Å². The highest BCUT2D eigenvalue weighted by Gasteiger charge is 2.40. The molecule has 7 nitrogen and oxygen atoms in total. The smallest absolute Gasteiger partial charge is 0.238 e. The first-order valence-electron chi connectivity index (χ1n) is 6.99. The summed E-state index contributed by atoms with van der Waals surface area (Å²) in [5, 5.41) is 21.7. The number of nitrogens with zero attached hydrogens (tertiary/aromatic N) is 1. The highest BCUT2D eigenvalue weighted by Crippen LogP contribution is 2.18. The van der Waals surface area contributed by atoms with Crippen molar-refractivity contribution in [2.45, 2.75) is 12.1 Å². The lowest BCUT2D eigenvalue weighted by atomic mass is 10.2. The van der Waals surface area contributed by atoms with E-state index in [1.54, 1.807) is 24.3 Å². The molecule has 1 aromatic rings. The van der Waals surface area contributed by atoms with Gasteiger partial charge in [-0.15, -0.1) is 0 Å². The number of carbonyl (C=O) groups is 1. The molecule has 22 heavy (non-hydrogen) atoms. The Balaban J connectivity index is 2.01. The van der Waals surface area contributed by atoms with Gasteiger partial charge in [-0.2, -0.15) is 0 Å². The molecule has 2 rings (SSSR count). The number of rotatable bonds is 6. The summed E-state index contributed by atoms with van der Waals surface area (Å²) in [6, 6.07) is 8.21. The van der Waals surface area contributed by atoms with Crippen molar-refractivity contribution >= 4 is 21.4 Å². The van der Waals surface area contributed by atoms with Gasteiger partial charge in [0.1, 0.15) is 0 Å². The first kappa shape index (κ1) is 16.9. The second-order valence-corrected chi connectivity index (χ2v) is 7.47. The van der Waals surface area contributed by atoms with E-state index in [0.29, 0.717) is 5.69 Å². The van der Waals surface area contributed by atoms with Gasteiger partial charge < -0.3 is 15.5 Å². The molecule has 2 atom stereocenters. The standard InChI is InChI=1S/C14H20N2O5S/c17-7-6-16(12-9-22(20,21)10-13(12)18)8-14(19)15-11-4-2-1-3-5-11/h1-5,12-13,17-18H,6-10H2,(H,15,19). The zero-order valence-corrected chi connectivity index (χ0v) is 12.9. The average molecular weight is 328 g/mol. The maximum absolute atomic E-state index is 12.1. The second kappa shape index (κ2) is 7.19. The van der Waals surface area contributed by atoms with Gasteiger partial charge in [0.15, 0.2) is 9.84 Å². The van der Waals surface area contributed by atoms with E-state index in [4.69, 9.17) is 5.11 Å². The SMILES string of the molecule is O=C(CN(CCO)C1CS(=O)(=O)CC1O)Nc1ccccc1. The number of nitrogens with one attached hydrogen (secondary N) is 1. The Morgan fingerprint density at radius 2 is 1.95 bits per heavy atom. The van der Waals surface area contributed by atoms with Gasteiger partial charge in [0.25, 0.3) is 0 Å². The summed E-state index contributed by atoms with van der Waals surface area (Å²) in [5.41, 5.74) is 0.635. The predicted octanol–water partition coefficient (Wildman–Crippen LogP) is -0.923. The number of para-hydroxylation sites is 1. The zero-order chi connectivity index (χ0) is 16.2. The van der Waals surface area contributed by atoms with Gasteiger partial charge >= 0.3 is 0 Å². The first-order chi connectivity index (χ1) is 10.4. The number of hydrogen-bond acceptors (Lipinski definition) is 6. The lowest BCUT2D eigenvalue weighted by Crippen LogP contribution is -2.47. The number of benzene rings is 1. The van der Waals surface area contributed by atoms with E-state index in [-0.39, 0.29) is 37.1 Å². The van der Waals surface area contributed by atoms with E-state index < -0.39 is 22.0 Å². The molecule has 2 unspecified atom stereocenters. The van der Waals surface area contributed by atoms with Gasteiger partial charge in [0.05, 0.1) is 36.8 Å². The third-order valence-corrected chi connectivity index (χ3v) is 5.25. The Labute approximate surface area is 129 Å². The third-order valence-electron chi connectivity index (χ3n) is 3.55. The van der Waals surface area contributed by atoms with Crippen molar-refractivity contribution in [1.82, 2.24) is 4.90 Å². The zero-order valence-electron chi connectivity index (χ0n) is 12.1. The van der Waals surface area contributed by atoms with Crippen LogP contribution in [0.2, 0.25) is 0 Å². The molecule has 122 valence electrons. The molecule has 3 N–H and O–H groups in total. The molecule has 0 aromatic heterocycles. The molecule has 0 radical (unpaired) electrons. The van der Waals surface area contributed by atoms with Crippen molar-refractivity contribution in [2.75, 3.05) is 36.5 Å². The molecule has 0 saturated carbocycles. The number of aliphatic hydroxyl groups is 2. The van der Waals surface area contributed by atoms with Crippen LogP contribution < -0.4 is 5.32 Å². The summed E-state index contributed by atoms with van der Waals surface area (Å²) in [5.74, 6) is -0.830. The minimum atomic E-state index is -3.31. The van der Waals surface area contributed by atoms with E-state index in [1.165, 1.54) is 4.90 Å². The largest absolute Gasteiger partial charge is 0.395 e. The number of anilines is 1. The summed E-state index contributed by atoms with van der Waals surface area (Å²) in [7, 11) is -3.31. The molecule has 1 heterocycles. The van der Waals surface area contributed by atoms with Crippen LogP contribution in [0.5, 0.6) is 0 Å². The van der Waals surface area contributed by atoms with Crippen molar-refractivity contribution in [3.63, 3.8) is 0 Å². The van der Waals surface area contributed by atoms with E-state index in [2.05, 4.69) is 5.32 Å². The van der Waals surface area contributed by atoms with E-state index in [1.807, 2.05) is 6.07 Å². The van der Waals surface area contributed by atoms with Crippen LogP contribution in [-0.2, 0) is 14.6 Å². The summed E-state index contributed by atoms with van der Waals surface area (Å²) >= 11 is 0. The van der Waals surface area contributed by atoms with Gasteiger partial charge in [-0.1, -0.05) is 18.2 Å². The highest BCUT2D eigenvalue weighted by molar-refractivity contribution is 7.91. The first-order valence-corrected chi connectivity index (χ1v) is 8.82. The second-order valence-electron chi connectivity index (χ2n) is 5.32.